The first-order valence-corrected chi connectivity index (χ1v) is 7.01. The third-order valence-electron chi connectivity index (χ3n) is 3.10. The van der Waals surface area contributed by atoms with E-state index >= 15 is 0 Å². The van der Waals surface area contributed by atoms with Gasteiger partial charge in [-0.2, -0.15) is 5.10 Å². The Morgan fingerprint density at radius 2 is 2.30 bits per heavy atom. The van der Waals surface area contributed by atoms with Crippen LogP contribution in [-0.4, -0.2) is 14.7 Å². The number of hydrogen-bond acceptors (Lipinski definition) is 4. The first-order chi connectivity index (χ1) is 9.51. The minimum Gasteiger partial charge on any atom is -0.324 e. The van der Waals surface area contributed by atoms with Gasteiger partial charge in [-0.25, -0.2) is 0 Å². The lowest BCUT2D eigenvalue weighted by molar-refractivity contribution is -0.385. The third-order valence-corrected chi connectivity index (χ3v) is 3.59. The Labute approximate surface area is 124 Å². The Balaban J connectivity index is 2.26. The van der Waals surface area contributed by atoms with Gasteiger partial charge in [-0.15, -0.1) is 0 Å². The molecular weight excluding hydrogens is 324 g/mol. The lowest BCUT2D eigenvalue weighted by atomic mass is 10.1. The predicted molar refractivity (Wildman–Crippen MR) is 79.3 cm³/mol. The van der Waals surface area contributed by atoms with Gasteiger partial charge >= 0.3 is 0 Å². The molecule has 0 saturated heterocycles. The van der Waals surface area contributed by atoms with Gasteiger partial charge in [0.2, 0.25) is 0 Å². The zero-order chi connectivity index (χ0) is 14.7. The molecule has 1 heterocycles. The minimum absolute atomic E-state index is 0.0522. The Bertz CT molecular complexity index is 627. The van der Waals surface area contributed by atoms with E-state index in [1.54, 1.807) is 23.0 Å². The summed E-state index contributed by atoms with van der Waals surface area (Å²) in [5.41, 5.74) is 7.56. The lowest BCUT2D eigenvalue weighted by Gasteiger charge is -2.05. The molecule has 1 atom stereocenters. The number of aromatic nitrogens is 2. The van der Waals surface area contributed by atoms with Crippen molar-refractivity contribution in [3.63, 3.8) is 0 Å². The first-order valence-electron chi connectivity index (χ1n) is 6.22. The molecule has 0 radical (unpaired) electrons. The quantitative estimate of drug-likeness (QED) is 0.670. The van der Waals surface area contributed by atoms with Gasteiger partial charge in [0.05, 0.1) is 23.2 Å². The van der Waals surface area contributed by atoms with Crippen molar-refractivity contribution < 1.29 is 4.92 Å². The molecule has 0 aliphatic heterocycles. The van der Waals surface area contributed by atoms with Crippen molar-refractivity contribution in [3.05, 3.63) is 56.3 Å². The summed E-state index contributed by atoms with van der Waals surface area (Å²) in [6.07, 6.45) is 4.36. The molecule has 1 aromatic carbocycles. The fourth-order valence-electron chi connectivity index (χ4n) is 1.91. The highest BCUT2D eigenvalue weighted by molar-refractivity contribution is 9.10. The Morgan fingerprint density at radius 1 is 1.55 bits per heavy atom. The van der Waals surface area contributed by atoms with Crippen LogP contribution in [0.15, 0.2) is 35.1 Å². The van der Waals surface area contributed by atoms with Crippen LogP contribution in [0, 0.1) is 10.1 Å². The van der Waals surface area contributed by atoms with Gasteiger partial charge in [-0.1, -0.05) is 22.9 Å². The smallest absolute Gasteiger partial charge is 0.275 e. The number of nitro groups is 1. The monoisotopic (exact) mass is 338 g/mol. The summed E-state index contributed by atoms with van der Waals surface area (Å²) < 4.78 is 2.35. The first kappa shape index (κ1) is 14.7. The molecule has 0 amide bonds. The van der Waals surface area contributed by atoms with Gasteiger partial charge in [-0.3, -0.25) is 14.8 Å². The van der Waals surface area contributed by atoms with E-state index in [9.17, 15) is 10.1 Å². The number of hydrogen-bond donors (Lipinski definition) is 1. The van der Waals surface area contributed by atoms with Crippen LogP contribution in [0.5, 0.6) is 0 Å². The lowest BCUT2D eigenvalue weighted by Crippen LogP contribution is -2.08. The standard InChI is InChI=1S/C13H15BrN4O2/c1-2-12(15)10-6-16-17(8-10)7-9-3-4-11(14)5-13(9)18(19)20/h3-6,8,12H,2,7,15H2,1H3. The number of nitrogens with two attached hydrogens (primary N) is 1. The second-order valence-corrected chi connectivity index (χ2v) is 5.43. The van der Waals surface area contributed by atoms with Crippen LogP contribution in [-0.2, 0) is 6.54 Å². The molecule has 2 aromatic rings. The molecule has 106 valence electrons. The third kappa shape index (κ3) is 3.23. The average molecular weight is 339 g/mol. The molecule has 0 aliphatic rings. The highest BCUT2D eigenvalue weighted by atomic mass is 79.9. The molecular formula is C13H15BrN4O2. The van der Waals surface area contributed by atoms with Crippen LogP contribution in [0.4, 0.5) is 5.69 Å². The van der Waals surface area contributed by atoms with E-state index in [0.29, 0.717) is 16.6 Å². The fraction of sp³-hybridized carbons (Fsp3) is 0.308. The molecule has 20 heavy (non-hydrogen) atoms. The van der Waals surface area contributed by atoms with Crippen LogP contribution in [0.1, 0.15) is 30.5 Å². The van der Waals surface area contributed by atoms with E-state index in [0.717, 1.165) is 12.0 Å². The summed E-state index contributed by atoms with van der Waals surface area (Å²) in [6.45, 7) is 2.35. The summed E-state index contributed by atoms with van der Waals surface area (Å²) in [5.74, 6) is 0. The zero-order valence-corrected chi connectivity index (χ0v) is 12.6. The van der Waals surface area contributed by atoms with Crippen LogP contribution >= 0.6 is 15.9 Å². The largest absolute Gasteiger partial charge is 0.324 e. The van der Waals surface area contributed by atoms with E-state index in [1.807, 2.05) is 13.1 Å². The average Bonchev–Trinajstić information content (AvgIpc) is 2.88. The van der Waals surface area contributed by atoms with Crippen LogP contribution < -0.4 is 5.73 Å². The Hall–Kier alpha value is -1.73. The van der Waals surface area contributed by atoms with Gasteiger partial charge in [0.1, 0.15) is 0 Å². The summed E-state index contributed by atoms with van der Waals surface area (Å²) in [5, 5.41) is 15.3. The van der Waals surface area contributed by atoms with Gasteiger partial charge in [0, 0.05) is 28.3 Å². The van der Waals surface area contributed by atoms with Crippen molar-refractivity contribution in [2.75, 3.05) is 0 Å². The predicted octanol–water partition coefficient (Wildman–Crippen LogP) is 3.01. The maximum atomic E-state index is 11.1. The fourth-order valence-corrected chi connectivity index (χ4v) is 2.26. The highest BCUT2D eigenvalue weighted by Gasteiger charge is 2.15. The Morgan fingerprint density at radius 3 is 2.95 bits per heavy atom. The number of rotatable bonds is 5. The number of nitrogens with zero attached hydrogens (tertiary/aromatic N) is 3. The SMILES string of the molecule is CCC(N)c1cnn(Cc2ccc(Br)cc2[N+](=O)[O-])c1. The molecule has 7 heteroatoms. The van der Waals surface area contributed by atoms with Crippen molar-refractivity contribution in [1.82, 2.24) is 9.78 Å². The van der Waals surface area contributed by atoms with Gasteiger partial charge < -0.3 is 5.73 Å². The van der Waals surface area contributed by atoms with E-state index < -0.39 is 0 Å². The van der Waals surface area contributed by atoms with Crippen LogP contribution in [0.3, 0.4) is 0 Å². The van der Waals surface area contributed by atoms with Gasteiger partial charge in [-0.05, 0) is 18.6 Å². The molecule has 1 aromatic heterocycles. The second kappa shape index (κ2) is 6.15. The minimum atomic E-state index is -0.387. The van der Waals surface area contributed by atoms with E-state index in [2.05, 4.69) is 21.0 Å². The van der Waals surface area contributed by atoms with Crippen LogP contribution in [0.25, 0.3) is 0 Å². The number of benzene rings is 1. The van der Waals surface area contributed by atoms with Crippen molar-refractivity contribution in [2.24, 2.45) is 5.73 Å². The Kier molecular flexibility index (Phi) is 4.51. The number of halogens is 1. The molecule has 0 aliphatic carbocycles. The zero-order valence-electron chi connectivity index (χ0n) is 11.0. The van der Waals surface area contributed by atoms with Crippen molar-refractivity contribution in [3.8, 4) is 0 Å². The van der Waals surface area contributed by atoms with Gasteiger partial charge in [0.25, 0.3) is 5.69 Å². The van der Waals surface area contributed by atoms with Crippen molar-refractivity contribution >= 4 is 21.6 Å². The molecule has 0 fully saturated rings. The molecule has 1 unspecified atom stereocenters. The maximum Gasteiger partial charge on any atom is 0.275 e. The summed E-state index contributed by atoms with van der Waals surface area (Å²) >= 11 is 3.24. The topological polar surface area (TPSA) is 87.0 Å². The van der Waals surface area contributed by atoms with Gasteiger partial charge in [0.15, 0.2) is 0 Å². The molecule has 0 bridgehead atoms. The van der Waals surface area contributed by atoms with E-state index in [1.165, 1.54) is 6.07 Å². The number of nitro benzene ring substituents is 1. The van der Waals surface area contributed by atoms with Crippen molar-refractivity contribution in [2.45, 2.75) is 25.9 Å². The maximum absolute atomic E-state index is 11.1. The second-order valence-electron chi connectivity index (χ2n) is 4.52. The van der Waals surface area contributed by atoms with Crippen LogP contribution in [0.2, 0.25) is 0 Å². The summed E-state index contributed by atoms with van der Waals surface area (Å²) in [7, 11) is 0. The van der Waals surface area contributed by atoms with Crippen molar-refractivity contribution in [1.29, 1.82) is 0 Å². The molecule has 0 spiro atoms. The summed E-state index contributed by atoms with van der Waals surface area (Å²) in [6, 6.07) is 4.95. The summed E-state index contributed by atoms with van der Waals surface area (Å²) in [4.78, 5) is 10.7. The molecule has 6 nitrogen and oxygen atoms in total. The molecule has 0 saturated carbocycles. The molecule has 2 N–H and O–H groups in total. The highest BCUT2D eigenvalue weighted by Crippen LogP contribution is 2.24. The normalized spacial score (nSPS) is 12.3. The van der Waals surface area contributed by atoms with E-state index in [4.69, 9.17) is 5.73 Å². The molecule has 2 rings (SSSR count). The van der Waals surface area contributed by atoms with E-state index in [-0.39, 0.29) is 16.7 Å².